The molecule has 2 atom stereocenters. The lowest BCUT2D eigenvalue weighted by Gasteiger charge is -2.27. The van der Waals surface area contributed by atoms with E-state index in [0.717, 1.165) is 37.5 Å². The SMILES string of the molecule is O=[N+]([O-])c1ccc(F)c(S(=O)(=O)NC2CCCCC2Br)c1. The Morgan fingerprint density at radius 1 is 1.33 bits per heavy atom. The molecule has 1 aliphatic rings. The van der Waals surface area contributed by atoms with Crippen LogP contribution >= 0.6 is 15.9 Å². The summed E-state index contributed by atoms with van der Waals surface area (Å²) in [5.41, 5.74) is -0.462. The van der Waals surface area contributed by atoms with Crippen LogP contribution < -0.4 is 4.72 Å². The highest BCUT2D eigenvalue weighted by molar-refractivity contribution is 9.09. The van der Waals surface area contributed by atoms with Gasteiger partial charge in [0, 0.05) is 23.0 Å². The molecule has 2 rings (SSSR count). The number of sulfonamides is 1. The molecule has 0 spiro atoms. The van der Waals surface area contributed by atoms with Crippen LogP contribution in [-0.2, 0) is 10.0 Å². The van der Waals surface area contributed by atoms with Crippen LogP contribution in [0.3, 0.4) is 0 Å². The van der Waals surface area contributed by atoms with E-state index in [4.69, 9.17) is 0 Å². The molecule has 1 saturated carbocycles. The predicted octanol–water partition coefficient (Wildman–Crippen LogP) is 2.72. The minimum atomic E-state index is -4.14. The lowest BCUT2D eigenvalue weighted by molar-refractivity contribution is -0.385. The Bertz CT molecular complexity index is 653. The van der Waals surface area contributed by atoms with Crippen molar-refractivity contribution in [1.82, 2.24) is 4.72 Å². The number of benzene rings is 1. The van der Waals surface area contributed by atoms with Crippen LogP contribution in [0.15, 0.2) is 23.1 Å². The average molecular weight is 381 g/mol. The summed E-state index contributed by atoms with van der Waals surface area (Å²) in [6.45, 7) is 0. The number of hydrogen-bond acceptors (Lipinski definition) is 4. The highest BCUT2D eigenvalue weighted by atomic mass is 79.9. The van der Waals surface area contributed by atoms with Crippen LogP contribution in [0.4, 0.5) is 10.1 Å². The molecule has 116 valence electrons. The molecule has 1 fully saturated rings. The van der Waals surface area contributed by atoms with Gasteiger partial charge in [0.05, 0.1) is 4.92 Å². The molecule has 6 nitrogen and oxygen atoms in total. The van der Waals surface area contributed by atoms with E-state index in [1.54, 1.807) is 0 Å². The normalized spacial score (nSPS) is 23.0. The van der Waals surface area contributed by atoms with Gasteiger partial charge in [0.25, 0.3) is 5.69 Å². The summed E-state index contributed by atoms with van der Waals surface area (Å²) < 4.78 is 40.7. The molecule has 1 aliphatic carbocycles. The van der Waals surface area contributed by atoms with E-state index in [1.807, 2.05) is 0 Å². The van der Waals surface area contributed by atoms with Gasteiger partial charge >= 0.3 is 0 Å². The van der Waals surface area contributed by atoms with Gasteiger partial charge in [0.15, 0.2) is 0 Å². The Balaban J connectivity index is 2.30. The fourth-order valence-corrected chi connectivity index (χ4v) is 4.60. The number of nitro groups is 1. The van der Waals surface area contributed by atoms with E-state index in [2.05, 4.69) is 20.7 Å². The second-order valence-corrected chi connectivity index (χ2v) is 7.76. The number of halogens is 2. The molecule has 1 aromatic rings. The number of rotatable bonds is 4. The number of non-ortho nitro benzene ring substituents is 1. The maximum absolute atomic E-state index is 13.7. The molecule has 0 heterocycles. The van der Waals surface area contributed by atoms with Crippen molar-refractivity contribution >= 4 is 31.6 Å². The number of nitrogens with zero attached hydrogens (tertiary/aromatic N) is 1. The minimum Gasteiger partial charge on any atom is -0.258 e. The zero-order valence-corrected chi connectivity index (χ0v) is 13.4. The van der Waals surface area contributed by atoms with E-state index in [-0.39, 0.29) is 10.9 Å². The molecule has 0 aliphatic heterocycles. The van der Waals surface area contributed by atoms with E-state index in [1.165, 1.54) is 0 Å². The van der Waals surface area contributed by atoms with Crippen LogP contribution in [0.25, 0.3) is 0 Å². The Morgan fingerprint density at radius 2 is 2.00 bits per heavy atom. The van der Waals surface area contributed by atoms with Gasteiger partial charge in [0.2, 0.25) is 10.0 Å². The first-order valence-electron chi connectivity index (χ1n) is 6.41. The zero-order chi connectivity index (χ0) is 15.6. The average Bonchev–Trinajstić information content (AvgIpc) is 2.41. The minimum absolute atomic E-state index is 0.0252. The van der Waals surface area contributed by atoms with Crippen molar-refractivity contribution in [3.63, 3.8) is 0 Å². The Morgan fingerprint density at radius 3 is 2.62 bits per heavy atom. The van der Waals surface area contributed by atoms with Gasteiger partial charge in [-0.2, -0.15) is 0 Å². The van der Waals surface area contributed by atoms with Crippen molar-refractivity contribution in [3.8, 4) is 0 Å². The van der Waals surface area contributed by atoms with Crippen molar-refractivity contribution in [2.45, 2.75) is 41.4 Å². The molecule has 21 heavy (non-hydrogen) atoms. The third-order valence-corrected chi connectivity index (χ3v) is 6.00. The van der Waals surface area contributed by atoms with Crippen molar-refractivity contribution < 1.29 is 17.7 Å². The molecule has 9 heteroatoms. The Hall–Kier alpha value is -1.06. The fourth-order valence-electron chi connectivity index (χ4n) is 2.29. The molecule has 0 saturated heterocycles. The Kier molecular flexibility index (Phi) is 4.95. The molecule has 0 bridgehead atoms. The smallest absolute Gasteiger partial charge is 0.258 e. The zero-order valence-electron chi connectivity index (χ0n) is 11.0. The highest BCUT2D eigenvalue weighted by Crippen LogP contribution is 2.27. The second kappa shape index (κ2) is 6.37. The highest BCUT2D eigenvalue weighted by Gasteiger charge is 2.30. The summed E-state index contributed by atoms with van der Waals surface area (Å²) in [4.78, 5) is 9.22. The van der Waals surface area contributed by atoms with Crippen LogP contribution in [0.2, 0.25) is 0 Å². The second-order valence-electron chi connectivity index (χ2n) is 4.90. The number of nitrogens with one attached hydrogen (secondary N) is 1. The Labute approximate surface area is 130 Å². The van der Waals surface area contributed by atoms with E-state index >= 15 is 0 Å². The molecular weight excluding hydrogens is 367 g/mol. The summed E-state index contributed by atoms with van der Waals surface area (Å²) >= 11 is 3.41. The van der Waals surface area contributed by atoms with Crippen molar-refractivity contribution in [2.24, 2.45) is 0 Å². The van der Waals surface area contributed by atoms with Crippen LogP contribution in [0.5, 0.6) is 0 Å². The van der Waals surface area contributed by atoms with Gasteiger partial charge in [0.1, 0.15) is 10.7 Å². The molecular formula is C12H14BrFN2O4S. The van der Waals surface area contributed by atoms with Gasteiger partial charge in [-0.3, -0.25) is 10.1 Å². The topological polar surface area (TPSA) is 89.3 Å². The molecule has 2 unspecified atom stereocenters. The fraction of sp³-hybridized carbons (Fsp3) is 0.500. The van der Waals surface area contributed by atoms with E-state index in [9.17, 15) is 22.9 Å². The van der Waals surface area contributed by atoms with Crippen LogP contribution in [-0.4, -0.2) is 24.2 Å². The molecule has 0 amide bonds. The van der Waals surface area contributed by atoms with Gasteiger partial charge in [-0.05, 0) is 18.9 Å². The van der Waals surface area contributed by atoms with Crippen molar-refractivity contribution in [2.75, 3.05) is 0 Å². The third-order valence-electron chi connectivity index (χ3n) is 3.40. The first kappa shape index (κ1) is 16.3. The summed E-state index contributed by atoms with van der Waals surface area (Å²) in [6.07, 6.45) is 3.35. The van der Waals surface area contributed by atoms with Crippen molar-refractivity contribution in [1.29, 1.82) is 0 Å². The maximum atomic E-state index is 13.7. The monoisotopic (exact) mass is 380 g/mol. The van der Waals surface area contributed by atoms with Gasteiger partial charge in [-0.15, -0.1) is 0 Å². The van der Waals surface area contributed by atoms with Crippen molar-refractivity contribution in [3.05, 3.63) is 34.1 Å². The van der Waals surface area contributed by atoms with Crippen LogP contribution in [0, 0.1) is 15.9 Å². The number of nitro benzene ring substituents is 1. The van der Waals surface area contributed by atoms with Crippen LogP contribution in [0.1, 0.15) is 25.7 Å². The number of hydrogen-bond donors (Lipinski definition) is 1. The number of alkyl halides is 1. The van der Waals surface area contributed by atoms with Gasteiger partial charge in [-0.1, -0.05) is 28.8 Å². The summed E-state index contributed by atoms with van der Waals surface area (Å²) in [6, 6.07) is 2.12. The predicted molar refractivity (Wildman–Crippen MR) is 78.3 cm³/mol. The lowest BCUT2D eigenvalue weighted by Crippen LogP contribution is -2.42. The summed E-state index contributed by atoms with van der Waals surface area (Å²) in [7, 11) is -4.14. The standard InChI is InChI=1S/C12H14BrFN2O4S/c13-9-3-1-2-4-11(9)15-21(19,20)12-7-8(16(17)18)5-6-10(12)14/h5-7,9,11,15H,1-4H2. The van der Waals surface area contributed by atoms with E-state index in [0.29, 0.717) is 6.42 Å². The first-order chi connectivity index (χ1) is 9.81. The largest absolute Gasteiger partial charge is 0.270 e. The first-order valence-corrected chi connectivity index (χ1v) is 8.81. The summed E-state index contributed by atoms with van der Waals surface area (Å²) in [5.74, 6) is -1.00. The lowest BCUT2D eigenvalue weighted by atomic mass is 9.96. The maximum Gasteiger partial charge on any atom is 0.270 e. The molecule has 1 aromatic carbocycles. The summed E-state index contributed by atoms with van der Waals surface area (Å²) in [5, 5.41) is 10.7. The molecule has 1 N–H and O–H groups in total. The van der Waals surface area contributed by atoms with Gasteiger partial charge in [-0.25, -0.2) is 17.5 Å². The molecule has 0 radical (unpaired) electrons. The van der Waals surface area contributed by atoms with Gasteiger partial charge < -0.3 is 0 Å². The quantitative estimate of drug-likeness (QED) is 0.493. The van der Waals surface area contributed by atoms with E-state index < -0.39 is 31.3 Å². The third kappa shape index (κ3) is 3.78. The molecule has 0 aromatic heterocycles.